The van der Waals surface area contributed by atoms with E-state index in [0.29, 0.717) is 49.4 Å². The van der Waals surface area contributed by atoms with E-state index in [1.165, 1.54) is 0 Å². The largest absolute Gasteiger partial charge is 0.454 e. The van der Waals surface area contributed by atoms with Crippen LogP contribution in [0.15, 0.2) is 18.2 Å². The third-order valence-electron chi connectivity index (χ3n) is 5.68. The van der Waals surface area contributed by atoms with Gasteiger partial charge >= 0.3 is 0 Å². The average molecular weight is 446 g/mol. The predicted molar refractivity (Wildman–Crippen MR) is 120 cm³/mol. The second-order valence-electron chi connectivity index (χ2n) is 10.1. The van der Waals surface area contributed by atoms with Crippen LogP contribution in [0.4, 0.5) is 0 Å². The fourth-order valence-electron chi connectivity index (χ4n) is 4.08. The number of piperidine rings is 1. The molecule has 1 aromatic carbocycles. The van der Waals surface area contributed by atoms with Crippen LogP contribution in [0, 0.1) is 11.3 Å². The topological polar surface area (TPSA) is 97.0 Å². The van der Waals surface area contributed by atoms with Gasteiger partial charge in [-0.25, -0.2) is 0 Å². The molecule has 0 spiro atoms. The number of amides is 3. The van der Waals surface area contributed by atoms with Crippen molar-refractivity contribution in [1.82, 2.24) is 15.5 Å². The second-order valence-corrected chi connectivity index (χ2v) is 10.1. The Morgan fingerprint density at radius 2 is 1.72 bits per heavy atom. The Morgan fingerprint density at radius 1 is 1.06 bits per heavy atom. The van der Waals surface area contributed by atoms with E-state index in [1.807, 2.05) is 18.7 Å². The van der Waals surface area contributed by atoms with Crippen LogP contribution in [0.3, 0.4) is 0 Å². The minimum absolute atomic E-state index is 0.0408. The van der Waals surface area contributed by atoms with Crippen LogP contribution in [-0.2, 0) is 9.59 Å². The van der Waals surface area contributed by atoms with Gasteiger partial charge in [0.05, 0.1) is 0 Å². The quantitative estimate of drug-likeness (QED) is 0.702. The molecule has 3 rings (SSSR count). The zero-order chi connectivity index (χ0) is 23.5. The van der Waals surface area contributed by atoms with E-state index in [0.717, 1.165) is 0 Å². The van der Waals surface area contributed by atoms with E-state index in [2.05, 4.69) is 31.4 Å². The zero-order valence-electron chi connectivity index (χ0n) is 19.7. The van der Waals surface area contributed by atoms with E-state index < -0.39 is 6.04 Å². The Morgan fingerprint density at radius 3 is 2.34 bits per heavy atom. The van der Waals surface area contributed by atoms with Gasteiger partial charge in [0.25, 0.3) is 5.91 Å². The smallest absolute Gasteiger partial charge is 0.252 e. The van der Waals surface area contributed by atoms with Crippen LogP contribution < -0.4 is 20.1 Å². The second kappa shape index (κ2) is 9.79. The van der Waals surface area contributed by atoms with E-state index in [1.54, 1.807) is 18.2 Å². The maximum atomic E-state index is 13.0. The number of hydrogen-bond donors (Lipinski definition) is 2. The number of fused-ring (bicyclic) bond motifs is 1. The number of nitrogens with zero attached hydrogens (tertiary/aromatic N) is 1. The van der Waals surface area contributed by atoms with E-state index >= 15 is 0 Å². The monoisotopic (exact) mass is 445 g/mol. The first-order valence-electron chi connectivity index (χ1n) is 11.3. The summed E-state index contributed by atoms with van der Waals surface area (Å²) in [6, 6.07) is 4.27. The maximum absolute atomic E-state index is 13.0. The van der Waals surface area contributed by atoms with Gasteiger partial charge in [0.2, 0.25) is 18.6 Å². The lowest BCUT2D eigenvalue weighted by Crippen LogP contribution is -2.54. The Labute approximate surface area is 190 Å². The van der Waals surface area contributed by atoms with Crippen LogP contribution in [0.25, 0.3) is 0 Å². The molecule has 0 aliphatic carbocycles. The van der Waals surface area contributed by atoms with E-state index in [-0.39, 0.29) is 41.9 Å². The average Bonchev–Trinajstić information content (AvgIpc) is 3.18. The molecule has 1 unspecified atom stereocenters. The van der Waals surface area contributed by atoms with Crippen molar-refractivity contribution in [3.8, 4) is 11.5 Å². The number of nitrogens with one attached hydrogen (secondary N) is 2. The van der Waals surface area contributed by atoms with Gasteiger partial charge in [0, 0.05) is 31.1 Å². The number of rotatable bonds is 6. The normalized spacial score (nSPS) is 17.2. The molecule has 2 aliphatic rings. The van der Waals surface area contributed by atoms with Crippen molar-refractivity contribution in [3.63, 3.8) is 0 Å². The molecule has 3 amide bonds. The molecule has 0 bridgehead atoms. The van der Waals surface area contributed by atoms with Crippen molar-refractivity contribution < 1.29 is 23.9 Å². The highest BCUT2D eigenvalue weighted by Gasteiger charge is 2.35. The number of ether oxygens (including phenoxy) is 2. The van der Waals surface area contributed by atoms with Gasteiger partial charge in [0.1, 0.15) is 6.04 Å². The summed E-state index contributed by atoms with van der Waals surface area (Å²) in [7, 11) is 0. The van der Waals surface area contributed by atoms with Crippen LogP contribution in [0.2, 0.25) is 0 Å². The van der Waals surface area contributed by atoms with Crippen LogP contribution in [0.1, 0.15) is 64.2 Å². The van der Waals surface area contributed by atoms with Gasteiger partial charge < -0.3 is 25.0 Å². The lowest BCUT2D eigenvalue weighted by molar-refractivity contribution is -0.134. The molecule has 1 atom stereocenters. The third-order valence-corrected chi connectivity index (χ3v) is 5.68. The van der Waals surface area contributed by atoms with E-state index in [9.17, 15) is 14.4 Å². The molecule has 2 N–H and O–H groups in total. The molecule has 0 aromatic heterocycles. The number of carbonyl (C=O) groups is 3. The molecule has 0 saturated carbocycles. The summed E-state index contributed by atoms with van der Waals surface area (Å²) < 4.78 is 10.7. The molecule has 0 radical (unpaired) electrons. The van der Waals surface area contributed by atoms with Crippen molar-refractivity contribution in [2.45, 2.75) is 66.0 Å². The van der Waals surface area contributed by atoms with Crippen molar-refractivity contribution in [2.24, 2.45) is 11.3 Å². The van der Waals surface area contributed by atoms with Gasteiger partial charge in [-0.2, -0.15) is 0 Å². The van der Waals surface area contributed by atoms with Crippen molar-refractivity contribution in [3.05, 3.63) is 23.8 Å². The predicted octanol–water partition coefficient (Wildman–Crippen LogP) is 2.71. The van der Waals surface area contributed by atoms with Gasteiger partial charge in [0.15, 0.2) is 11.5 Å². The Hall–Kier alpha value is -2.77. The molecule has 8 heteroatoms. The minimum Gasteiger partial charge on any atom is -0.454 e. The van der Waals surface area contributed by atoms with Crippen molar-refractivity contribution in [1.29, 1.82) is 0 Å². The summed E-state index contributed by atoms with van der Waals surface area (Å²) in [6.07, 6.45) is 1.82. The molecule has 2 aliphatic heterocycles. The summed E-state index contributed by atoms with van der Waals surface area (Å²) in [4.78, 5) is 40.4. The van der Waals surface area contributed by atoms with Gasteiger partial charge in [-0.05, 0) is 56.2 Å². The number of hydrogen-bond acceptors (Lipinski definition) is 5. The van der Waals surface area contributed by atoms with Crippen LogP contribution in [-0.4, -0.2) is 54.6 Å². The zero-order valence-corrected chi connectivity index (χ0v) is 19.7. The number of carbonyl (C=O) groups excluding carboxylic acids is 3. The molecule has 1 fully saturated rings. The molecule has 2 heterocycles. The summed E-state index contributed by atoms with van der Waals surface area (Å²) in [5.74, 6) is 0.676. The lowest BCUT2D eigenvalue weighted by Gasteiger charge is -2.37. The standard InChI is InChI=1S/C24H35N3O5/c1-15(2)25-23(30)21(16-8-10-27(11-9-16)20(28)13-24(3,4)5)26-22(29)17-6-7-18-19(12-17)32-14-31-18/h6-7,12,15-16,21H,8-11,13-14H2,1-5H3,(H,25,30)(H,26,29). The molecular weight excluding hydrogens is 410 g/mol. The van der Waals surface area contributed by atoms with Gasteiger partial charge in [-0.3, -0.25) is 14.4 Å². The Bertz CT molecular complexity index is 854. The highest BCUT2D eigenvalue weighted by molar-refractivity contribution is 5.98. The molecule has 32 heavy (non-hydrogen) atoms. The minimum atomic E-state index is -0.671. The highest BCUT2D eigenvalue weighted by atomic mass is 16.7. The Balaban J connectivity index is 1.68. The summed E-state index contributed by atoms with van der Waals surface area (Å²) in [6.45, 7) is 11.2. The highest BCUT2D eigenvalue weighted by Crippen LogP contribution is 2.32. The van der Waals surface area contributed by atoms with Crippen molar-refractivity contribution >= 4 is 17.7 Å². The van der Waals surface area contributed by atoms with Crippen LogP contribution in [0.5, 0.6) is 11.5 Å². The molecular formula is C24H35N3O5. The SMILES string of the molecule is CC(C)NC(=O)C(NC(=O)c1ccc2c(c1)OCO2)C1CCN(C(=O)CC(C)(C)C)CC1. The molecule has 8 nitrogen and oxygen atoms in total. The van der Waals surface area contributed by atoms with Gasteiger partial charge in [-0.1, -0.05) is 20.8 Å². The first-order chi connectivity index (χ1) is 15.0. The maximum Gasteiger partial charge on any atom is 0.252 e. The molecule has 176 valence electrons. The number of benzene rings is 1. The van der Waals surface area contributed by atoms with Crippen molar-refractivity contribution in [2.75, 3.05) is 19.9 Å². The fraction of sp³-hybridized carbons (Fsp3) is 0.625. The summed E-state index contributed by atoms with van der Waals surface area (Å²) in [5.41, 5.74) is 0.348. The molecule has 1 aromatic rings. The number of likely N-dealkylation sites (tertiary alicyclic amines) is 1. The first-order valence-corrected chi connectivity index (χ1v) is 11.3. The summed E-state index contributed by atoms with van der Waals surface area (Å²) in [5, 5.41) is 5.86. The lowest BCUT2D eigenvalue weighted by atomic mass is 9.87. The molecule has 1 saturated heterocycles. The summed E-state index contributed by atoms with van der Waals surface area (Å²) >= 11 is 0. The van der Waals surface area contributed by atoms with Gasteiger partial charge in [-0.15, -0.1) is 0 Å². The van der Waals surface area contributed by atoms with Crippen LogP contribution >= 0.6 is 0 Å². The fourth-order valence-corrected chi connectivity index (χ4v) is 4.08. The Kier molecular flexibility index (Phi) is 7.31. The first kappa shape index (κ1) is 23.9. The third kappa shape index (κ3) is 6.14. The van der Waals surface area contributed by atoms with E-state index in [4.69, 9.17) is 9.47 Å².